The molecule has 0 amide bonds. The molecule has 5 nitrogen and oxygen atoms in total. The first-order valence-electron chi connectivity index (χ1n) is 4.96. The summed E-state index contributed by atoms with van der Waals surface area (Å²) in [6, 6.07) is 5.70. The van der Waals surface area contributed by atoms with Crippen molar-refractivity contribution in [1.82, 2.24) is 9.78 Å². The summed E-state index contributed by atoms with van der Waals surface area (Å²) in [4.78, 5) is 23.3. The average Bonchev–Trinajstić information content (AvgIpc) is 2.82. The van der Waals surface area contributed by atoms with Gasteiger partial charge >= 0.3 is 5.97 Å². The highest BCUT2D eigenvalue weighted by Crippen LogP contribution is 2.21. The van der Waals surface area contributed by atoms with Gasteiger partial charge in [0.2, 0.25) is 0 Å². The Hall–Kier alpha value is -1.95. The zero-order chi connectivity index (χ0) is 12.4. The normalized spacial score (nSPS) is 12.3. The van der Waals surface area contributed by atoms with Gasteiger partial charge in [-0.05, 0) is 24.4 Å². The Kier molecular flexibility index (Phi) is 3.06. The zero-order valence-electron chi connectivity index (χ0n) is 9.03. The SMILES string of the molecule is C[C@H](C(=O)O)n1nc(-c2cccs2)ccc1=O. The van der Waals surface area contributed by atoms with Crippen molar-refractivity contribution in [1.29, 1.82) is 0 Å². The number of aromatic nitrogens is 2. The van der Waals surface area contributed by atoms with E-state index in [-0.39, 0.29) is 0 Å². The third-order valence-electron chi connectivity index (χ3n) is 2.32. The molecule has 2 aromatic heterocycles. The minimum absolute atomic E-state index is 0.416. The Morgan fingerprint density at radius 2 is 2.24 bits per heavy atom. The smallest absolute Gasteiger partial charge is 0.328 e. The van der Waals surface area contributed by atoms with Crippen LogP contribution in [0.3, 0.4) is 0 Å². The van der Waals surface area contributed by atoms with Crippen LogP contribution >= 0.6 is 11.3 Å². The number of carbonyl (C=O) groups is 1. The molecular formula is C11H10N2O3S. The lowest BCUT2D eigenvalue weighted by molar-refractivity contribution is -0.140. The standard InChI is InChI=1S/C11H10N2O3S/c1-7(11(15)16)13-10(14)5-4-8(12-13)9-3-2-6-17-9/h2-7H,1H3,(H,15,16)/t7-/m1/s1. The minimum Gasteiger partial charge on any atom is -0.480 e. The molecule has 0 unspecified atom stereocenters. The van der Waals surface area contributed by atoms with Gasteiger partial charge < -0.3 is 5.11 Å². The van der Waals surface area contributed by atoms with Gasteiger partial charge in [0.25, 0.3) is 5.56 Å². The van der Waals surface area contributed by atoms with Gasteiger partial charge in [0.05, 0.1) is 4.88 Å². The van der Waals surface area contributed by atoms with Crippen LogP contribution in [-0.2, 0) is 4.79 Å². The lowest BCUT2D eigenvalue weighted by Crippen LogP contribution is -2.29. The lowest BCUT2D eigenvalue weighted by atomic mass is 10.3. The van der Waals surface area contributed by atoms with Gasteiger partial charge in [-0.3, -0.25) is 4.79 Å². The van der Waals surface area contributed by atoms with Crippen LogP contribution in [0.15, 0.2) is 34.4 Å². The van der Waals surface area contributed by atoms with E-state index in [0.717, 1.165) is 9.56 Å². The maximum atomic E-state index is 11.5. The van der Waals surface area contributed by atoms with Crippen molar-refractivity contribution in [2.75, 3.05) is 0 Å². The fourth-order valence-electron chi connectivity index (χ4n) is 1.36. The molecule has 0 spiro atoms. The highest BCUT2D eigenvalue weighted by Gasteiger charge is 2.16. The van der Waals surface area contributed by atoms with Crippen molar-refractivity contribution >= 4 is 17.3 Å². The molecule has 0 radical (unpaired) electrons. The predicted molar refractivity (Wildman–Crippen MR) is 64.2 cm³/mol. The topological polar surface area (TPSA) is 72.2 Å². The Bertz CT molecular complexity index is 589. The molecule has 0 bridgehead atoms. The van der Waals surface area contributed by atoms with E-state index in [1.54, 1.807) is 6.07 Å². The molecule has 0 aliphatic heterocycles. The molecule has 0 saturated carbocycles. The highest BCUT2D eigenvalue weighted by atomic mass is 32.1. The van der Waals surface area contributed by atoms with Gasteiger partial charge in [-0.25, -0.2) is 9.48 Å². The third-order valence-corrected chi connectivity index (χ3v) is 3.22. The van der Waals surface area contributed by atoms with Crippen LogP contribution in [0.25, 0.3) is 10.6 Å². The van der Waals surface area contributed by atoms with Crippen LogP contribution in [0, 0.1) is 0 Å². The van der Waals surface area contributed by atoms with E-state index in [1.807, 2.05) is 17.5 Å². The molecule has 2 rings (SSSR count). The number of carboxylic acid groups (broad SMARTS) is 1. The molecule has 0 fully saturated rings. The second kappa shape index (κ2) is 4.50. The summed E-state index contributed by atoms with van der Waals surface area (Å²) < 4.78 is 0.984. The van der Waals surface area contributed by atoms with Crippen molar-refractivity contribution < 1.29 is 9.90 Å². The first kappa shape index (κ1) is 11.5. The molecule has 2 heterocycles. The van der Waals surface area contributed by atoms with Crippen LogP contribution in [0.4, 0.5) is 0 Å². The van der Waals surface area contributed by atoms with E-state index < -0.39 is 17.6 Å². The van der Waals surface area contributed by atoms with Crippen LogP contribution < -0.4 is 5.56 Å². The van der Waals surface area contributed by atoms with Crippen molar-refractivity contribution in [3.63, 3.8) is 0 Å². The number of rotatable bonds is 3. The number of thiophene rings is 1. The molecule has 6 heteroatoms. The molecule has 17 heavy (non-hydrogen) atoms. The Morgan fingerprint density at radius 3 is 2.82 bits per heavy atom. The third kappa shape index (κ3) is 2.26. The minimum atomic E-state index is -1.08. The number of hydrogen-bond acceptors (Lipinski definition) is 4. The van der Waals surface area contributed by atoms with Crippen molar-refractivity contribution in [2.24, 2.45) is 0 Å². The lowest BCUT2D eigenvalue weighted by Gasteiger charge is -2.09. The second-order valence-electron chi connectivity index (χ2n) is 3.49. The molecule has 0 aliphatic carbocycles. The van der Waals surface area contributed by atoms with Gasteiger partial charge in [0, 0.05) is 6.07 Å². The summed E-state index contributed by atoms with van der Waals surface area (Å²) >= 11 is 1.49. The van der Waals surface area contributed by atoms with Crippen LogP contribution in [0.1, 0.15) is 13.0 Å². The maximum Gasteiger partial charge on any atom is 0.328 e. The second-order valence-corrected chi connectivity index (χ2v) is 4.44. The van der Waals surface area contributed by atoms with E-state index in [4.69, 9.17) is 5.11 Å². The Balaban J connectivity index is 2.50. The van der Waals surface area contributed by atoms with Gasteiger partial charge in [-0.15, -0.1) is 11.3 Å². The molecule has 1 atom stereocenters. The van der Waals surface area contributed by atoms with Crippen LogP contribution in [-0.4, -0.2) is 20.9 Å². The Morgan fingerprint density at radius 1 is 1.47 bits per heavy atom. The summed E-state index contributed by atoms with van der Waals surface area (Å²) in [6.45, 7) is 1.43. The highest BCUT2D eigenvalue weighted by molar-refractivity contribution is 7.13. The van der Waals surface area contributed by atoms with Crippen molar-refractivity contribution in [3.8, 4) is 10.6 Å². The Labute approximate surface area is 101 Å². The van der Waals surface area contributed by atoms with Crippen molar-refractivity contribution in [2.45, 2.75) is 13.0 Å². The zero-order valence-corrected chi connectivity index (χ0v) is 9.85. The molecule has 0 saturated heterocycles. The first-order valence-corrected chi connectivity index (χ1v) is 5.84. The number of aliphatic carboxylic acids is 1. The summed E-state index contributed by atoms with van der Waals surface area (Å²) in [6.07, 6.45) is 0. The van der Waals surface area contributed by atoms with Gasteiger partial charge in [0.15, 0.2) is 6.04 Å². The van der Waals surface area contributed by atoms with E-state index >= 15 is 0 Å². The summed E-state index contributed by atoms with van der Waals surface area (Å²) in [5.41, 5.74) is 0.188. The predicted octanol–water partition coefficient (Wildman–Crippen LogP) is 1.62. The van der Waals surface area contributed by atoms with Crippen molar-refractivity contribution in [3.05, 3.63) is 40.0 Å². The van der Waals surface area contributed by atoms with Crippen LogP contribution in [0.5, 0.6) is 0 Å². The quantitative estimate of drug-likeness (QED) is 0.898. The largest absolute Gasteiger partial charge is 0.480 e. The van der Waals surface area contributed by atoms with E-state index in [1.165, 1.54) is 24.3 Å². The number of hydrogen-bond donors (Lipinski definition) is 1. The van der Waals surface area contributed by atoms with Gasteiger partial charge in [-0.1, -0.05) is 6.07 Å². The first-order chi connectivity index (χ1) is 8.09. The average molecular weight is 250 g/mol. The van der Waals surface area contributed by atoms with E-state index in [2.05, 4.69) is 5.10 Å². The number of nitrogens with zero attached hydrogens (tertiary/aromatic N) is 2. The molecule has 88 valence electrons. The van der Waals surface area contributed by atoms with Gasteiger partial charge in [-0.2, -0.15) is 5.10 Å². The maximum absolute atomic E-state index is 11.5. The fourth-order valence-corrected chi connectivity index (χ4v) is 2.05. The molecule has 0 aliphatic rings. The molecule has 2 aromatic rings. The van der Waals surface area contributed by atoms with E-state index in [0.29, 0.717) is 5.69 Å². The summed E-state index contributed by atoms with van der Waals surface area (Å²) in [7, 11) is 0. The molecule has 0 aromatic carbocycles. The molecular weight excluding hydrogens is 240 g/mol. The van der Waals surface area contributed by atoms with Gasteiger partial charge in [0.1, 0.15) is 5.69 Å². The molecule has 1 N–H and O–H groups in total. The number of carboxylic acids is 1. The van der Waals surface area contributed by atoms with Crippen LogP contribution in [0.2, 0.25) is 0 Å². The summed E-state index contributed by atoms with van der Waals surface area (Å²) in [5.74, 6) is -1.08. The monoisotopic (exact) mass is 250 g/mol. The van der Waals surface area contributed by atoms with E-state index in [9.17, 15) is 9.59 Å². The summed E-state index contributed by atoms with van der Waals surface area (Å²) in [5, 5.41) is 14.8. The fraction of sp³-hybridized carbons (Fsp3) is 0.182.